The van der Waals surface area contributed by atoms with Crippen LogP contribution in [0.3, 0.4) is 0 Å². The number of carbonyl (C=O) groups is 1. The molecule has 1 amide bonds. The maximum atomic E-state index is 12.0. The molecule has 0 aliphatic carbocycles. The van der Waals surface area contributed by atoms with Crippen molar-refractivity contribution in [3.63, 3.8) is 0 Å². The Balaban J connectivity index is 1.95. The predicted octanol–water partition coefficient (Wildman–Crippen LogP) is -0.251. The third-order valence-corrected chi connectivity index (χ3v) is 2.36. The molecule has 9 heteroatoms. The van der Waals surface area contributed by atoms with Gasteiger partial charge in [0.15, 0.2) is 11.5 Å². The Labute approximate surface area is 106 Å². The number of nitrogens with one attached hydrogen (secondary N) is 1. The largest absolute Gasteiger partial charge is 0.382 e. The Kier molecular flexibility index (Phi) is 2.49. The van der Waals surface area contributed by atoms with Crippen molar-refractivity contribution < 1.29 is 4.79 Å². The minimum absolute atomic E-state index is 0.0383. The van der Waals surface area contributed by atoms with Gasteiger partial charge in [0.2, 0.25) is 0 Å². The van der Waals surface area contributed by atoms with Gasteiger partial charge in [-0.25, -0.2) is 4.98 Å². The van der Waals surface area contributed by atoms with Crippen LogP contribution in [0.5, 0.6) is 0 Å². The van der Waals surface area contributed by atoms with Crippen molar-refractivity contribution in [2.75, 3.05) is 11.1 Å². The Morgan fingerprint density at radius 3 is 2.95 bits per heavy atom. The second kappa shape index (κ2) is 4.29. The van der Waals surface area contributed by atoms with E-state index < -0.39 is 5.91 Å². The third-order valence-electron chi connectivity index (χ3n) is 2.36. The topological polar surface area (TPSA) is 124 Å². The molecule has 3 rings (SSSR count). The van der Waals surface area contributed by atoms with Crippen molar-refractivity contribution in [3.8, 4) is 0 Å². The number of nitrogens with two attached hydrogens (primary N) is 1. The van der Waals surface area contributed by atoms with E-state index in [2.05, 4.69) is 30.6 Å². The van der Waals surface area contributed by atoms with Crippen molar-refractivity contribution in [2.24, 2.45) is 0 Å². The van der Waals surface area contributed by atoms with E-state index >= 15 is 0 Å². The monoisotopic (exact) mass is 256 g/mol. The molecule has 3 heterocycles. The second-order valence-electron chi connectivity index (χ2n) is 3.57. The van der Waals surface area contributed by atoms with E-state index in [-0.39, 0.29) is 17.3 Å². The number of hydrogen-bond donors (Lipinski definition) is 2. The summed E-state index contributed by atoms with van der Waals surface area (Å²) in [5.41, 5.74) is 5.76. The summed E-state index contributed by atoms with van der Waals surface area (Å²) in [4.78, 5) is 19.8. The number of nitrogen functional groups attached to an aromatic ring is 1. The molecule has 3 N–H and O–H groups in total. The van der Waals surface area contributed by atoms with Crippen LogP contribution in [0, 0.1) is 0 Å². The average Bonchev–Trinajstić information content (AvgIpc) is 2.89. The lowest BCUT2D eigenvalue weighted by atomic mass is 10.4. The van der Waals surface area contributed by atoms with E-state index in [1.54, 1.807) is 24.4 Å². The summed E-state index contributed by atoms with van der Waals surface area (Å²) in [6.45, 7) is 0. The van der Waals surface area contributed by atoms with Gasteiger partial charge in [0, 0.05) is 6.20 Å². The fourth-order valence-electron chi connectivity index (χ4n) is 1.49. The molecule has 0 saturated carbocycles. The Morgan fingerprint density at radius 2 is 2.16 bits per heavy atom. The van der Waals surface area contributed by atoms with Gasteiger partial charge in [-0.2, -0.15) is 14.6 Å². The first kappa shape index (κ1) is 11.0. The van der Waals surface area contributed by atoms with Crippen LogP contribution >= 0.6 is 0 Å². The molecular formula is C10H8N8O. The van der Waals surface area contributed by atoms with Gasteiger partial charge < -0.3 is 11.1 Å². The van der Waals surface area contributed by atoms with E-state index in [4.69, 9.17) is 5.73 Å². The molecule has 0 bridgehead atoms. The number of pyridine rings is 1. The molecular weight excluding hydrogens is 248 g/mol. The molecule has 0 radical (unpaired) electrons. The molecule has 3 aromatic heterocycles. The fourth-order valence-corrected chi connectivity index (χ4v) is 1.49. The van der Waals surface area contributed by atoms with Crippen LogP contribution in [0.4, 0.5) is 11.6 Å². The van der Waals surface area contributed by atoms with Crippen LogP contribution in [0.2, 0.25) is 0 Å². The summed E-state index contributed by atoms with van der Waals surface area (Å²) < 4.78 is 1.24. The van der Waals surface area contributed by atoms with Gasteiger partial charge in [-0.05, 0) is 12.1 Å². The van der Waals surface area contributed by atoms with Crippen molar-refractivity contribution in [1.82, 2.24) is 29.8 Å². The summed E-state index contributed by atoms with van der Waals surface area (Å²) in [6, 6.07) is 5.14. The second-order valence-corrected chi connectivity index (χ2v) is 3.57. The lowest BCUT2D eigenvalue weighted by Crippen LogP contribution is -2.19. The molecule has 0 aliphatic heterocycles. The first-order chi connectivity index (χ1) is 9.25. The van der Waals surface area contributed by atoms with Crippen LogP contribution in [0.15, 0.2) is 30.7 Å². The van der Waals surface area contributed by atoms with E-state index in [9.17, 15) is 4.79 Å². The van der Waals surface area contributed by atoms with Gasteiger partial charge in [0.05, 0.1) is 0 Å². The molecule has 3 aromatic rings. The third kappa shape index (κ3) is 1.92. The number of nitrogens with zero attached hydrogens (tertiary/aromatic N) is 6. The van der Waals surface area contributed by atoms with Crippen LogP contribution in [-0.4, -0.2) is 35.7 Å². The van der Waals surface area contributed by atoms with Crippen molar-refractivity contribution in [1.29, 1.82) is 0 Å². The summed E-state index contributed by atoms with van der Waals surface area (Å²) >= 11 is 0. The number of rotatable bonds is 2. The zero-order valence-electron chi connectivity index (χ0n) is 9.56. The van der Waals surface area contributed by atoms with Gasteiger partial charge in [-0.15, -0.1) is 10.2 Å². The van der Waals surface area contributed by atoms with E-state index in [0.29, 0.717) is 5.82 Å². The lowest BCUT2D eigenvalue weighted by Gasteiger charge is -2.05. The lowest BCUT2D eigenvalue weighted by molar-refractivity contribution is 0.102. The molecule has 9 nitrogen and oxygen atoms in total. The summed E-state index contributed by atoms with van der Waals surface area (Å²) in [7, 11) is 0. The summed E-state index contributed by atoms with van der Waals surface area (Å²) in [5.74, 6) is 0.177. The van der Waals surface area contributed by atoms with Gasteiger partial charge >= 0.3 is 0 Å². The van der Waals surface area contributed by atoms with E-state index in [0.717, 1.165) is 0 Å². The van der Waals surface area contributed by atoms with Crippen molar-refractivity contribution in [2.45, 2.75) is 0 Å². The predicted molar refractivity (Wildman–Crippen MR) is 65.2 cm³/mol. The minimum atomic E-state index is -0.513. The maximum absolute atomic E-state index is 12.0. The molecule has 0 unspecified atom stereocenters. The van der Waals surface area contributed by atoms with Gasteiger partial charge in [0.25, 0.3) is 11.7 Å². The number of carbonyl (C=O) groups excluding carboxylic acids is 1. The van der Waals surface area contributed by atoms with Crippen LogP contribution < -0.4 is 11.1 Å². The zero-order chi connectivity index (χ0) is 13.2. The van der Waals surface area contributed by atoms with Gasteiger partial charge in [-0.3, -0.25) is 4.79 Å². The highest BCUT2D eigenvalue weighted by Crippen LogP contribution is 2.10. The standard InChI is InChI=1S/C10H8N8O/c11-8-7(16-17-10-13-5-14-18(8)10)9(19)15-6-3-1-2-4-12-6/h1-5H,11H2,(H,12,15,19). The number of hydrogen-bond acceptors (Lipinski definition) is 7. The van der Waals surface area contributed by atoms with Gasteiger partial charge in [0.1, 0.15) is 12.1 Å². The number of anilines is 2. The SMILES string of the molecule is Nc1c(C(=O)Nc2ccccn2)nnc2ncnn12. The smallest absolute Gasteiger partial charge is 0.281 e. The van der Waals surface area contributed by atoms with E-state index in [1.807, 2.05) is 0 Å². The molecule has 19 heavy (non-hydrogen) atoms. The summed E-state index contributed by atoms with van der Waals surface area (Å²) in [6.07, 6.45) is 2.84. The van der Waals surface area contributed by atoms with Crippen LogP contribution in [0.1, 0.15) is 10.5 Å². The van der Waals surface area contributed by atoms with Crippen molar-refractivity contribution >= 4 is 23.3 Å². The first-order valence-corrected chi connectivity index (χ1v) is 5.30. The normalized spacial score (nSPS) is 10.5. The number of fused-ring (bicyclic) bond motifs is 1. The molecule has 0 atom stereocenters. The van der Waals surface area contributed by atoms with Crippen LogP contribution in [0.25, 0.3) is 5.78 Å². The fraction of sp³-hybridized carbons (Fsp3) is 0. The van der Waals surface area contributed by atoms with Gasteiger partial charge in [-0.1, -0.05) is 6.07 Å². The molecule has 0 saturated heterocycles. The Hall–Kier alpha value is -3.10. The van der Waals surface area contributed by atoms with E-state index in [1.165, 1.54) is 10.8 Å². The van der Waals surface area contributed by atoms with Crippen LogP contribution in [-0.2, 0) is 0 Å². The summed E-state index contributed by atoms with van der Waals surface area (Å²) in [5, 5.41) is 13.9. The molecule has 0 spiro atoms. The molecule has 94 valence electrons. The average molecular weight is 256 g/mol. The first-order valence-electron chi connectivity index (χ1n) is 5.30. The zero-order valence-corrected chi connectivity index (χ0v) is 9.56. The van der Waals surface area contributed by atoms with Crippen molar-refractivity contribution in [3.05, 3.63) is 36.4 Å². The number of aromatic nitrogens is 6. The Bertz CT molecular complexity index is 738. The quantitative estimate of drug-likeness (QED) is 0.647. The number of amides is 1. The molecule has 0 aromatic carbocycles. The highest BCUT2D eigenvalue weighted by Gasteiger charge is 2.17. The highest BCUT2D eigenvalue weighted by molar-refractivity contribution is 6.05. The maximum Gasteiger partial charge on any atom is 0.281 e. The highest BCUT2D eigenvalue weighted by atomic mass is 16.2. The Morgan fingerprint density at radius 1 is 1.26 bits per heavy atom. The minimum Gasteiger partial charge on any atom is -0.382 e. The molecule has 0 fully saturated rings. The molecule has 0 aliphatic rings.